The first-order chi connectivity index (χ1) is 9.61. The van der Waals surface area contributed by atoms with Gasteiger partial charge >= 0.3 is 5.97 Å². The van der Waals surface area contributed by atoms with Crippen LogP contribution in [0.5, 0.6) is 0 Å². The molecule has 2 rings (SSSR count). The van der Waals surface area contributed by atoms with E-state index in [9.17, 15) is 9.59 Å². The van der Waals surface area contributed by atoms with E-state index in [2.05, 4.69) is 4.74 Å². The number of benzene rings is 1. The zero-order chi connectivity index (χ0) is 14.5. The summed E-state index contributed by atoms with van der Waals surface area (Å²) in [6, 6.07) is 9.56. The molecule has 0 radical (unpaired) electrons. The number of hydrogen-bond acceptors (Lipinski definition) is 5. The van der Waals surface area contributed by atoms with Crippen LogP contribution in [0.15, 0.2) is 35.2 Å². The van der Waals surface area contributed by atoms with Gasteiger partial charge in [0, 0.05) is 6.54 Å². The molecule has 0 N–H and O–H groups in total. The van der Waals surface area contributed by atoms with E-state index in [1.165, 1.54) is 23.8 Å². The van der Waals surface area contributed by atoms with Crippen molar-refractivity contribution in [1.29, 1.82) is 0 Å². The molecule has 20 heavy (non-hydrogen) atoms. The van der Waals surface area contributed by atoms with Gasteiger partial charge in [-0.2, -0.15) is 0 Å². The first-order valence-electron chi connectivity index (χ1n) is 5.99. The molecule has 4 nitrogen and oxygen atoms in total. The average Bonchev–Trinajstić information content (AvgIpc) is 2.72. The monoisotopic (exact) mass is 307 g/mol. The van der Waals surface area contributed by atoms with E-state index in [1.54, 1.807) is 6.08 Å². The Morgan fingerprint density at radius 2 is 2.10 bits per heavy atom. The molecule has 0 bridgehead atoms. The molecule has 1 heterocycles. The molecule has 1 aromatic rings. The molecule has 1 aromatic carbocycles. The Bertz CT molecular complexity index is 569. The molecule has 0 aliphatic carbocycles. The lowest BCUT2D eigenvalue weighted by Gasteiger charge is -2.12. The fourth-order valence-corrected chi connectivity index (χ4v) is 3.01. The van der Waals surface area contributed by atoms with Gasteiger partial charge < -0.3 is 4.74 Å². The molecule has 6 heteroatoms. The van der Waals surface area contributed by atoms with Crippen molar-refractivity contribution in [3.63, 3.8) is 0 Å². The minimum absolute atomic E-state index is 0.140. The van der Waals surface area contributed by atoms with Crippen LogP contribution < -0.4 is 0 Å². The van der Waals surface area contributed by atoms with Gasteiger partial charge in [0.15, 0.2) is 0 Å². The molecule has 1 fully saturated rings. The largest absolute Gasteiger partial charge is 0.469 e. The SMILES string of the molecule is COC(=O)CCN1C(=O)C(=Cc2ccccc2)SC1=S. The standard InChI is InChI=1S/C14H13NO3S2/c1-18-12(16)7-8-15-13(17)11(20-14(15)19)9-10-5-3-2-4-6-10/h2-6,9H,7-8H2,1H3. The van der Waals surface area contributed by atoms with Crippen LogP contribution in [0.2, 0.25) is 0 Å². The predicted molar refractivity (Wildman–Crippen MR) is 83.0 cm³/mol. The van der Waals surface area contributed by atoms with Crippen molar-refractivity contribution in [1.82, 2.24) is 4.90 Å². The van der Waals surface area contributed by atoms with Crippen LogP contribution in [0.25, 0.3) is 6.08 Å². The highest BCUT2D eigenvalue weighted by Crippen LogP contribution is 2.32. The quantitative estimate of drug-likeness (QED) is 0.486. The van der Waals surface area contributed by atoms with Gasteiger partial charge in [-0.1, -0.05) is 54.3 Å². The third kappa shape index (κ3) is 3.46. The summed E-state index contributed by atoms with van der Waals surface area (Å²) in [6.07, 6.45) is 1.94. The summed E-state index contributed by atoms with van der Waals surface area (Å²) >= 11 is 6.43. The lowest BCUT2D eigenvalue weighted by atomic mass is 10.2. The van der Waals surface area contributed by atoms with E-state index in [4.69, 9.17) is 12.2 Å². The number of esters is 1. The highest BCUT2D eigenvalue weighted by Gasteiger charge is 2.32. The highest BCUT2D eigenvalue weighted by molar-refractivity contribution is 8.26. The Hall–Kier alpha value is -1.66. The number of thiocarbonyl (C=S) groups is 1. The first-order valence-corrected chi connectivity index (χ1v) is 7.21. The van der Waals surface area contributed by atoms with Gasteiger partial charge in [0.05, 0.1) is 18.4 Å². The summed E-state index contributed by atoms with van der Waals surface area (Å²) < 4.78 is 5.03. The van der Waals surface area contributed by atoms with Crippen molar-refractivity contribution in [3.8, 4) is 0 Å². The van der Waals surface area contributed by atoms with E-state index in [1.807, 2.05) is 30.3 Å². The summed E-state index contributed by atoms with van der Waals surface area (Å²) in [7, 11) is 1.32. The van der Waals surface area contributed by atoms with Crippen molar-refractivity contribution in [2.24, 2.45) is 0 Å². The van der Waals surface area contributed by atoms with E-state index in [-0.39, 0.29) is 24.8 Å². The average molecular weight is 307 g/mol. The Labute approximate surface area is 126 Å². The van der Waals surface area contributed by atoms with Gasteiger partial charge in [-0.3, -0.25) is 14.5 Å². The van der Waals surface area contributed by atoms with Gasteiger partial charge in [-0.15, -0.1) is 0 Å². The third-order valence-corrected chi connectivity index (χ3v) is 4.12. The number of methoxy groups -OCH3 is 1. The van der Waals surface area contributed by atoms with Crippen molar-refractivity contribution in [3.05, 3.63) is 40.8 Å². The normalized spacial score (nSPS) is 16.9. The van der Waals surface area contributed by atoms with Crippen LogP contribution in [0, 0.1) is 0 Å². The molecule has 0 spiro atoms. The number of carbonyl (C=O) groups excluding carboxylic acids is 2. The molecular weight excluding hydrogens is 294 g/mol. The summed E-state index contributed by atoms with van der Waals surface area (Å²) in [6.45, 7) is 0.253. The molecule has 0 unspecified atom stereocenters. The van der Waals surface area contributed by atoms with Crippen LogP contribution in [0.1, 0.15) is 12.0 Å². The summed E-state index contributed by atoms with van der Waals surface area (Å²) in [5.74, 6) is -0.515. The second-order valence-corrected chi connectivity index (χ2v) is 5.75. The number of amides is 1. The second-order valence-electron chi connectivity index (χ2n) is 4.07. The fraction of sp³-hybridized carbons (Fsp3) is 0.214. The summed E-state index contributed by atoms with van der Waals surface area (Å²) in [5.41, 5.74) is 0.945. The van der Waals surface area contributed by atoms with Crippen LogP contribution in [0.4, 0.5) is 0 Å². The van der Waals surface area contributed by atoms with Crippen molar-refractivity contribution >= 4 is 46.3 Å². The van der Waals surface area contributed by atoms with E-state index in [0.29, 0.717) is 9.23 Å². The van der Waals surface area contributed by atoms with Crippen molar-refractivity contribution in [2.75, 3.05) is 13.7 Å². The molecule has 1 aliphatic rings. The lowest BCUT2D eigenvalue weighted by molar-refractivity contribution is -0.140. The number of nitrogens with zero attached hydrogens (tertiary/aromatic N) is 1. The molecule has 1 aliphatic heterocycles. The molecule has 104 valence electrons. The van der Waals surface area contributed by atoms with E-state index in [0.717, 1.165) is 5.56 Å². The molecule has 0 saturated carbocycles. The van der Waals surface area contributed by atoms with Gasteiger partial charge in [0.1, 0.15) is 4.32 Å². The van der Waals surface area contributed by atoms with E-state index >= 15 is 0 Å². The van der Waals surface area contributed by atoms with Crippen LogP contribution in [-0.4, -0.2) is 34.8 Å². The minimum Gasteiger partial charge on any atom is -0.469 e. The zero-order valence-electron chi connectivity index (χ0n) is 10.9. The van der Waals surface area contributed by atoms with Crippen molar-refractivity contribution < 1.29 is 14.3 Å². The van der Waals surface area contributed by atoms with E-state index < -0.39 is 0 Å². The van der Waals surface area contributed by atoms with Crippen LogP contribution >= 0.6 is 24.0 Å². The Morgan fingerprint density at radius 3 is 2.75 bits per heavy atom. The molecule has 1 amide bonds. The number of ether oxygens (including phenoxy) is 1. The third-order valence-electron chi connectivity index (χ3n) is 2.74. The summed E-state index contributed by atoms with van der Waals surface area (Å²) in [4.78, 5) is 25.4. The Balaban J connectivity index is 2.09. The highest BCUT2D eigenvalue weighted by atomic mass is 32.2. The molecule has 0 atom stereocenters. The maximum Gasteiger partial charge on any atom is 0.307 e. The van der Waals surface area contributed by atoms with Crippen LogP contribution in [0.3, 0.4) is 0 Å². The fourth-order valence-electron chi connectivity index (χ4n) is 1.70. The summed E-state index contributed by atoms with van der Waals surface area (Å²) in [5, 5.41) is 0. The Kier molecular flexibility index (Phi) is 4.92. The molecule has 1 saturated heterocycles. The smallest absolute Gasteiger partial charge is 0.307 e. The minimum atomic E-state index is -0.355. The van der Waals surface area contributed by atoms with Crippen LogP contribution in [-0.2, 0) is 14.3 Å². The molecule has 0 aromatic heterocycles. The number of carbonyl (C=O) groups is 2. The zero-order valence-corrected chi connectivity index (χ0v) is 12.5. The van der Waals surface area contributed by atoms with Gasteiger partial charge in [0.25, 0.3) is 5.91 Å². The number of thioether (sulfide) groups is 1. The van der Waals surface area contributed by atoms with Gasteiger partial charge in [-0.25, -0.2) is 0 Å². The maximum atomic E-state index is 12.2. The van der Waals surface area contributed by atoms with Gasteiger partial charge in [-0.05, 0) is 11.6 Å². The van der Waals surface area contributed by atoms with Gasteiger partial charge in [0.2, 0.25) is 0 Å². The maximum absolute atomic E-state index is 12.2. The topological polar surface area (TPSA) is 46.6 Å². The lowest BCUT2D eigenvalue weighted by Crippen LogP contribution is -2.30. The van der Waals surface area contributed by atoms with Crippen molar-refractivity contribution in [2.45, 2.75) is 6.42 Å². The molecular formula is C14H13NO3S2. The second kappa shape index (κ2) is 6.67. The predicted octanol–water partition coefficient (Wildman–Crippen LogP) is 2.45. The first kappa shape index (κ1) is 14.7. The Morgan fingerprint density at radius 1 is 1.40 bits per heavy atom. The number of hydrogen-bond donors (Lipinski definition) is 0. The number of rotatable bonds is 4.